The number of anilines is 1. The Bertz CT molecular complexity index is 252. The van der Waals surface area contributed by atoms with Gasteiger partial charge in [0.25, 0.3) is 0 Å². The molecule has 0 amide bonds. The molecule has 0 saturated heterocycles. The molecule has 0 bridgehead atoms. The van der Waals surface area contributed by atoms with Crippen molar-refractivity contribution >= 4 is 21.7 Å². The van der Waals surface area contributed by atoms with Gasteiger partial charge in [0.15, 0.2) is 0 Å². The number of rotatable bonds is 2. The Morgan fingerprint density at radius 1 is 1.73 bits per heavy atom. The minimum Gasteiger partial charge on any atom is -0.392 e. The van der Waals surface area contributed by atoms with Gasteiger partial charge in [-0.1, -0.05) is 0 Å². The van der Waals surface area contributed by atoms with Crippen molar-refractivity contribution in [3.63, 3.8) is 0 Å². The largest absolute Gasteiger partial charge is 0.392 e. The van der Waals surface area contributed by atoms with Crippen molar-refractivity contribution in [2.24, 2.45) is 0 Å². The van der Waals surface area contributed by atoms with Crippen molar-refractivity contribution < 1.29 is 5.11 Å². The van der Waals surface area contributed by atoms with Gasteiger partial charge in [0, 0.05) is 23.3 Å². The number of aliphatic hydroxyl groups is 1. The molecule has 0 spiro atoms. The molecule has 0 fully saturated rings. The zero-order valence-electron chi connectivity index (χ0n) is 6.13. The van der Waals surface area contributed by atoms with Crippen LogP contribution in [0.1, 0.15) is 5.56 Å². The van der Waals surface area contributed by atoms with Crippen LogP contribution in [0.5, 0.6) is 0 Å². The van der Waals surface area contributed by atoms with Crippen molar-refractivity contribution in [3.8, 4) is 0 Å². The molecule has 0 saturated carbocycles. The highest BCUT2D eigenvalue weighted by Crippen LogP contribution is 2.16. The van der Waals surface area contributed by atoms with Gasteiger partial charge in [0.1, 0.15) is 5.82 Å². The Balaban J connectivity index is 3.06. The lowest BCUT2D eigenvalue weighted by Gasteiger charge is -2.04. The van der Waals surface area contributed by atoms with E-state index in [0.717, 1.165) is 15.9 Å². The lowest BCUT2D eigenvalue weighted by atomic mass is 10.3. The van der Waals surface area contributed by atoms with Crippen LogP contribution in [-0.4, -0.2) is 17.1 Å². The summed E-state index contributed by atoms with van der Waals surface area (Å²) < 4.78 is 0.876. The van der Waals surface area contributed by atoms with E-state index < -0.39 is 0 Å². The van der Waals surface area contributed by atoms with Crippen LogP contribution in [0, 0.1) is 0 Å². The highest BCUT2D eigenvalue weighted by Gasteiger charge is 2.00. The van der Waals surface area contributed by atoms with E-state index >= 15 is 0 Å². The molecule has 0 aliphatic heterocycles. The van der Waals surface area contributed by atoms with Gasteiger partial charge in [0.05, 0.1) is 6.61 Å². The summed E-state index contributed by atoms with van der Waals surface area (Å²) in [6.45, 7) is 0.00259. The molecule has 1 rings (SSSR count). The number of pyridine rings is 1. The summed E-state index contributed by atoms with van der Waals surface area (Å²) in [4.78, 5) is 4.05. The molecule has 2 N–H and O–H groups in total. The molecular weight excluding hydrogens is 208 g/mol. The predicted molar refractivity (Wildman–Crippen MR) is 47.4 cm³/mol. The van der Waals surface area contributed by atoms with Gasteiger partial charge in [-0.2, -0.15) is 0 Å². The zero-order valence-corrected chi connectivity index (χ0v) is 7.72. The van der Waals surface area contributed by atoms with E-state index in [1.165, 1.54) is 0 Å². The first-order chi connectivity index (χ1) is 5.27. The summed E-state index contributed by atoms with van der Waals surface area (Å²) >= 11 is 3.26. The number of aliphatic hydroxyl groups excluding tert-OH is 1. The monoisotopic (exact) mass is 216 g/mol. The van der Waals surface area contributed by atoms with E-state index in [1.54, 1.807) is 13.2 Å². The molecule has 3 nitrogen and oxygen atoms in total. The third-order valence-corrected chi connectivity index (χ3v) is 1.77. The molecule has 0 radical (unpaired) electrons. The molecule has 1 aromatic heterocycles. The number of nitrogens with one attached hydrogen (secondary N) is 1. The molecule has 4 heteroatoms. The fraction of sp³-hybridized carbons (Fsp3) is 0.286. The summed E-state index contributed by atoms with van der Waals surface area (Å²) in [7, 11) is 1.77. The summed E-state index contributed by atoms with van der Waals surface area (Å²) in [5.74, 6) is 0.718. The van der Waals surface area contributed by atoms with Gasteiger partial charge in [-0.25, -0.2) is 4.98 Å². The fourth-order valence-electron chi connectivity index (χ4n) is 0.827. The van der Waals surface area contributed by atoms with Crippen LogP contribution >= 0.6 is 15.9 Å². The third-order valence-electron chi connectivity index (χ3n) is 1.34. The molecule has 11 heavy (non-hydrogen) atoms. The highest BCUT2D eigenvalue weighted by molar-refractivity contribution is 9.10. The Kier molecular flexibility index (Phi) is 2.84. The Morgan fingerprint density at radius 3 is 3.00 bits per heavy atom. The van der Waals surface area contributed by atoms with E-state index in [4.69, 9.17) is 5.11 Å². The van der Waals surface area contributed by atoms with E-state index in [-0.39, 0.29) is 6.61 Å². The standard InChI is InChI=1S/C7H9BrN2O/c1-9-7-5(4-11)2-6(8)3-10-7/h2-3,11H,4H2,1H3,(H,9,10). The Hall–Kier alpha value is -0.610. The van der Waals surface area contributed by atoms with Crippen LogP contribution in [0.25, 0.3) is 0 Å². The van der Waals surface area contributed by atoms with Crippen molar-refractivity contribution in [1.82, 2.24) is 4.98 Å². The van der Waals surface area contributed by atoms with Crippen molar-refractivity contribution in [1.29, 1.82) is 0 Å². The number of halogens is 1. The average molecular weight is 217 g/mol. The summed E-state index contributed by atoms with van der Waals surface area (Å²) in [6.07, 6.45) is 1.69. The van der Waals surface area contributed by atoms with Crippen molar-refractivity contribution in [2.45, 2.75) is 6.61 Å². The molecule has 60 valence electrons. The lowest BCUT2D eigenvalue weighted by Crippen LogP contribution is -1.97. The van der Waals surface area contributed by atoms with Gasteiger partial charge in [-0.3, -0.25) is 0 Å². The van der Waals surface area contributed by atoms with Crippen LogP contribution in [0.15, 0.2) is 16.7 Å². The lowest BCUT2D eigenvalue weighted by molar-refractivity contribution is 0.282. The van der Waals surface area contributed by atoms with E-state index in [1.807, 2.05) is 6.07 Å². The van der Waals surface area contributed by atoms with Crippen molar-refractivity contribution in [2.75, 3.05) is 12.4 Å². The van der Waals surface area contributed by atoms with E-state index in [0.29, 0.717) is 0 Å². The molecule has 1 heterocycles. The second-order valence-corrected chi connectivity index (χ2v) is 2.99. The SMILES string of the molecule is CNc1ncc(Br)cc1CO. The molecule has 0 atom stereocenters. The van der Waals surface area contributed by atoms with Gasteiger partial charge in [0.2, 0.25) is 0 Å². The molecular formula is C7H9BrN2O. The van der Waals surface area contributed by atoms with Crippen LogP contribution in [0.4, 0.5) is 5.82 Å². The minimum atomic E-state index is 0.00259. The fourth-order valence-corrected chi connectivity index (χ4v) is 1.21. The number of hydrogen-bond acceptors (Lipinski definition) is 3. The Morgan fingerprint density at radius 2 is 2.45 bits per heavy atom. The maximum absolute atomic E-state index is 8.87. The highest BCUT2D eigenvalue weighted by atomic mass is 79.9. The quantitative estimate of drug-likeness (QED) is 0.786. The maximum Gasteiger partial charge on any atom is 0.131 e. The minimum absolute atomic E-state index is 0.00259. The molecule has 0 aliphatic carbocycles. The maximum atomic E-state index is 8.87. The average Bonchev–Trinajstić information content (AvgIpc) is 2.04. The zero-order chi connectivity index (χ0) is 8.27. The predicted octanol–water partition coefficient (Wildman–Crippen LogP) is 1.38. The Labute approximate surface area is 73.6 Å². The van der Waals surface area contributed by atoms with Crippen molar-refractivity contribution in [3.05, 3.63) is 22.3 Å². The first kappa shape index (κ1) is 8.49. The van der Waals surface area contributed by atoms with Gasteiger partial charge < -0.3 is 10.4 Å². The van der Waals surface area contributed by atoms with Gasteiger partial charge in [-0.15, -0.1) is 0 Å². The summed E-state index contributed by atoms with van der Waals surface area (Å²) in [5.41, 5.74) is 0.793. The first-order valence-electron chi connectivity index (χ1n) is 3.21. The summed E-state index contributed by atoms with van der Waals surface area (Å²) in [6, 6.07) is 1.83. The second-order valence-electron chi connectivity index (χ2n) is 2.07. The van der Waals surface area contributed by atoms with Crippen LogP contribution in [0.3, 0.4) is 0 Å². The normalized spacial score (nSPS) is 9.73. The number of hydrogen-bond donors (Lipinski definition) is 2. The smallest absolute Gasteiger partial charge is 0.131 e. The third kappa shape index (κ3) is 1.91. The molecule has 0 unspecified atom stereocenters. The topological polar surface area (TPSA) is 45.2 Å². The van der Waals surface area contributed by atoms with E-state index in [9.17, 15) is 0 Å². The van der Waals surface area contributed by atoms with Crippen LogP contribution in [0.2, 0.25) is 0 Å². The first-order valence-corrected chi connectivity index (χ1v) is 4.00. The van der Waals surface area contributed by atoms with Crippen LogP contribution < -0.4 is 5.32 Å². The molecule has 0 aliphatic rings. The number of nitrogens with zero attached hydrogens (tertiary/aromatic N) is 1. The molecule has 1 aromatic rings. The van der Waals surface area contributed by atoms with Gasteiger partial charge >= 0.3 is 0 Å². The second kappa shape index (κ2) is 3.69. The van der Waals surface area contributed by atoms with Gasteiger partial charge in [-0.05, 0) is 22.0 Å². The molecule has 0 aromatic carbocycles. The van der Waals surface area contributed by atoms with E-state index in [2.05, 4.69) is 26.2 Å². The summed E-state index contributed by atoms with van der Waals surface area (Å²) in [5, 5.41) is 11.8. The van der Waals surface area contributed by atoms with Crippen LogP contribution in [-0.2, 0) is 6.61 Å². The number of aromatic nitrogens is 1.